The van der Waals surface area contributed by atoms with E-state index in [2.05, 4.69) is 62.8 Å². The first kappa shape index (κ1) is 19.5. The van der Waals surface area contributed by atoms with Crippen molar-refractivity contribution >= 4 is 11.8 Å². The second-order valence-electron chi connectivity index (χ2n) is 8.60. The Bertz CT molecular complexity index is 903. The molecular weight excluding hydrogens is 356 g/mol. The van der Waals surface area contributed by atoms with Crippen molar-refractivity contribution in [1.82, 2.24) is 29.7 Å². The molecule has 0 bridgehead atoms. The summed E-state index contributed by atoms with van der Waals surface area (Å²) < 4.78 is 1.95. The van der Waals surface area contributed by atoms with E-state index in [1.54, 1.807) is 6.20 Å². The van der Waals surface area contributed by atoms with Crippen LogP contribution in [0.4, 0.5) is 0 Å². The van der Waals surface area contributed by atoms with Gasteiger partial charge in [-0.3, -0.25) is 4.98 Å². The summed E-state index contributed by atoms with van der Waals surface area (Å²) in [5.74, 6) is 1.57. The topological polar surface area (TPSA) is 69.4 Å². The number of pyridine rings is 1. The molecule has 0 radical (unpaired) electrons. The molecule has 3 heterocycles. The number of hydrogen-bond donors (Lipinski definition) is 0. The van der Waals surface area contributed by atoms with E-state index in [1.807, 2.05) is 29.8 Å². The molecule has 0 aromatic carbocycles. The summed E-state index contributed by atoms with van der Waals surface area (Å²) in [6.45, 7) is 12.9. The van der Waals surface area contributed by atoms with Gasteiger partial charge < -0.3 is 4.57 Å². The van der Waals surface area contributed by atoms with E-state index >= 15 is 0 Å². The highest BCUT2D eigenvalue weighted by Gasteiger charge is 2.24. The molecule has 0 aliphatic carbocycles. The molecule has 0 saturated carbocycles. The van der Waals surface area contributed by atoms with E-state index in [0.717, 1.165) is 33.2 Å². The lowest BCUT2D eigenvalue weighted by atomic mass is 9.90. The second-order valence-corrected chi connectivity index (χ2v) is 9.58. The largest absolute Gasteiger partial charge is 0.304 e. The lowest BCUT2D eigenvalue weighted by molar-refractivity contribution is 0.505. The van der Waals surface area contributed by atoms with Crippen molar-refractivity contribution < 1.29 is 0 Å². The Balaban J connectivity index is 2.00. The van der Waals surface area contributed by atoms with Crippen molar-refractivity contribution in [1.29, 1.82) is 0 Å². The van der Waals surface area contributed by atoms with Crippen LogP contribution in [0.2, 0.25) is 0 Å². The molecule has 0 fully saturated rings. The van der Waals surface area contributed by atoms with Crippen LogP contribution >= 0.6 is 11.8 Å². The molecule has 7 heteroatoms. The second kappa shape index (κ2) is 7.03. The first-order chi connectivity index (χ1) is 12.6. The summed E-state index contributed by atoms with van der Waals surface area (Å²) in [5.41, 5.74) is 1.64. The van der Waals surface area contributed by atoms with Crippen LogP contribution in [0.1, 0.15) is 53.1 Å². The van der Waals surface area contributed by atoms with E-state index in [0.29, 0.717) is 0 Å². The molecule has 0 saturated heterocycles. The van der Waals surface area contributed by atoms with Gasteiger partial charge in [0.15, 0.2) is 11.0 Å². The normalized spacial score (nSPS) is 12.4. The minimum Gasteiger partial charge on any atom is -0.304 e. The molecule has 0 amide bonds. The van der Waals surface area contributed by atoms with Crippen molar-refractivity contribution in [3.8, 4) is 11.5 Å². The Hall–Kier alpha value is -2.28. The first-order valence-corrected chi connectivity index (χ1v) is 9.76. The van der Waals surface area contributed by atoms with Gasteiger partial charge in [-0.1, -0.05) is 47.6 Å². The van der Waals surface area contributed by atoms with Crippen LogP contribution in [0.25, 0.3) is 11.5 Å². The molecule has 3 rings (SSSR count). The molecule has 0 aliphatic rings. The van der Waals surface area contributed by atoms with Crippen LogP contribution in [0, 0.1) is 0 Å². The van der Waals surface area contributed by atoms with Gasteiger partial charge in [-0.15, -0.1) is 10.2 Å². The molecular formula is C20H26N6S. The number of hydrogen-bond acceptors (Lipinski definition) is 6. The smallest absolute Gasteiger partial charge is 0.197 e. The molecule has 0 atom stereocenters. The van der Waals surface area contributed by atoms with Gasteiger partial charge in [-0.25, -0.2) is 9.97 Å². The van der Waals surface area contributed by atoms with Crippen LogP contribution in [0.15, 0.2) is 40.6 Å². The summed E-state index contributed by atoms with van der Waals surface area (Å²) in [4.78, 5) is 14.0. The molecule has 142 valence electrons. The lowest BCUT2D eigenvalue weighted by Crippen LogP contribution is -2.22. The zero-order valence-electron chi connectivity index (χ0n) is 17.0. The summed E-state index contributed by atoms with van der Waals surface area (Å²) >= 11 is 1.50. The molecule has 0 spiro atoms. The Morgan fingerprint density at radius 3 is 2.26 bits per heavy atom. The minimum atomic E-state index is -0.129. The maximum Gasteiger partial charge on any atom is 0.197 e. The average molecular weight is 383 g/mol. The average Bonchev–Trinajstić information content (AvgIpc) is 2.94. The molecule has 0 N–H and O–H groups in total. The summed E-state index contributed by atoms with van der Waals surface area (Å²) in [6, 6.07) is 7.81. The Morgan fingerprint density at radius 2 is 1.67 bits per heavy atom. The standard InChI is InChI=1S/C20H26N6S/c1-19(2,3)14-12-15(23-17(22-14)20(4,5)6)27-18-25-24-16(26(18)7)13-10-8-9-11-21-13/h8-12H,1-7H3. The predicted molar refractivity (Wildman–Crippen MR) is 108 cm³/mol. The van der Waals surface area contributed by atoms with Crippen LogP contribution in [-0.2, 0) is 17.9 Å². The maximum atomic E-state index is 4.82. The Morgan fingerprint density at radius 1 is 0.926 bits per heavy atom. The fourth-order valence-corrected chi connectivity index (χ4v) is 3.21. The van der Waals surface area contributed by atoms with Crippen LogP contribution in [0.3, 0.4) is 0 Å². The summed E-state index contributed by atoms with van der Waals surface area (Å²) in [7, 11) is 1.95. The third-order valence-corrected chi connectivity index (χ3v) is 5.02. The highest BCUT2D eigenvalue weighted by Crippen LogP contribution is 2.32. The van der Waals surface area contributed by atoms with Gasteiger partial charge in [0.05, 0.1) is 5.69 Å². The highest BCUT2D eigenvalue weighted by molar-refractivity contribution is 7.99. The zero-order valence-corrected chi connectivity index (χ0v) is 17.8. The van der Waals surface area contributed by atoms with Gasteiger partial charge in [-0.2, -0.15) is 0 Å². The third-order valence-electron chi connectivity index (χ3n) is 4.07. The lowest BCUT2D eigenvalue weighted by Gasteiger charge is -2.23. The summed E-state index contributed by atoms with van der Waals surface area (Å²) in [5, 5.41) is 10.3. The molecule has 0 unspecified atom stereocenters. The monoisotopic (exact) mass is 382 g/mol. The van der Waals surface area contributed by atoms with Gasteiger partial charge in [0.25, 0.3) is 0 Å². The minimum absolute atomic E-state index is 0.0583. The van der Waals surface area contributed by atoms with Crippen molar-refractivity contribution in [2.75, 3.05) is 0 Å². The number of nitrogens with zero attached hydrogens (tertiary/aromatic N) is 6. The first-order valence-electron chi connectivity index (χ1n) is 8.94. The van der Waals surface area contributed by atoms with Crippen molar-refractivity contribution in [2.24, 2.45) is 7.05 Å². The Labute approximate surface area is 164 Å². The molecule has 3 aromatic heterocycles. The van der Waals surface area contributed by atoms with Gasteiger partial charge in [0.2, 0.25) is 0 Å². The zero-order chi connectivity index (χ0) is 19.8. The van der Waals surface area contributed by atoms with E-state index in [1.165, 1.54) is 11.8 Å². The molecule has 0 aliphatic heterocycles. The van der Waals surface area contributed by atoms with E-state index in [4.69, 9.17) is 9.97 Å². The van der Waals surface area contributed by atoms with Crippen molar-refractivity contribution in [3.05, 3.63) is 42.0 Å². The van der Waals surface area contributed by atoms with E-state index < -0.39 is 0 Å². The third kappa shape index (κ3) is 4.35. The van der Waals surface area contributed by atoms with E-state index in [9.17, 15) is 0 Å². The van der Waals surface area contributed by atoms with Gasteiger partial charge in [-0.05, 0) is 30.0 Å². The molecule has 6 nitrogen and oxygen atoms in total. The predicted octanol–water partition coefficient (Wildman–Crippen LogP) is 4.41. The maximum absolute atomic E-state index is 4.82. The van der Waals surface area contributed by atoms with Gasteiger partial charge in [0, 0.05) is 24.1 Å². The van der Waals surface area contributed by atoms with Crippen LogP contribution in [-0.4, -0.2) is 29.7 Å². The van der Waals surface area contributed by atoms with Gasteiger partial charge >= 0.3 is 0 Å². The fourth-order valence-electron chi connectivity index (χ4n) is 2.41. The fraction of sp³-hybridized carbons (Fsp3) is 0.450. The number of rotatable bonds is 3. The SMILES string of the molecule is Cn1c(Sc2cc(C(C)(C)C)nc(C(C)(C)C)n2)nnc1-c1ccccn1. The summed E-state index contributed by atoms with van der Waals surface area (Å²) in [6.07, 6.45) is 1.76. The molecule has 27 heavy (non-hydrogen) atoms. The van der Waals surface area contributed by atoms with E-state index in [-0.39, 0.29) is 10.8 Å². The highest BCUT2D eigenvalue weighted by atomic mass is 32.2. The van der Waals surface area contributed by atoms with Gasteiger partial charge in [0.1, 0.15) is 16.5 Å². The Kier molecular flexibility index (Phi) is 5.08. The van der Waals surface area contributed by atoms with Crippen molar-refractivity contribution in [2.45, 2.75) is 62.6 Å². The quantitative estimate of drug-likeness (QED) is 0.625. The van der Waals surface area contributed by atoms with Crippen LogP contribution in [0.5, 0.6) is 0 Å². The van der Waals surface area contributed by atoms with Crippen LogP contribution < -0.4 is 0 Å². The van der Waals surface area contributed by atoms with Crippen molar-refractivity contribution in [3.63, 3.8) is 0 Å². The molecule has 3 aromatic rings. The number of aromatic nitrogens is 6.